The Kier molecular flexibility index (Phi) is 6.89. The number of hydrogen-bond donors (Lipinski definition) is 2. The van der Waals surface area contributed by atoms with Crippen LogP contribution in [0.15, 0.2) is 12.7 Å². The molecule has 0 radical (unpaired) electrons. The maximum atomic E-state index is 11.6. The zero-order valence-electron chi connectivity index (χ0n) is 10.9. The molecule has 1 amide bonds. The van der Waals surface area contributed by atoms with Gasteiger partial charge in [0.2, 0.25) is 5.91 Å². The molecule has 1 atom stereocenters. The molecule has 17 heavy (non-hydrogen) atoms. The molecule has 1 aliphatic rings. The van der Waals surface area contributed by atoms with Crippen molar-refractivity contribution in [2.75, 3.05) is 32.7 Å². The van der Waals surface area contributed by atoms with Gasteiger partial charge in [0.15, 0.2) is 0 Å². The van der Waals surface area contributed by atoms with Gasteiger partial charge in [-0.1, -0.05) is 13.0 Å². The highest BCUT2D eigenvalue weighted by Gasteiger charge is 2.18. The minimum absolute atomic E-state index is 0.0938. The zero-order chi connectivity index (χ0) is 12.5. The van der Waals surface area contributed by atoms with Crippen molar-refractivity contribution in [2.24, 2.45) is 0 Å². The maximum Gasteiger partial charge on any atom is 0.234 e. The van der Waals surface area contributed by atoms with Crippen molar-refractivity contribution >= 4 is 5.91 Å². The van der Waals surface area contributed by atoms with E-state index in [1.807, 2.05) is 0 Å². The molecule has 0 aliphatic carbocycles. The van der Waals surface area contributed by atoms with Crippen LogP contribution >= 0.6 is 0 Å². The Morgan fingerprint density at radius 2 is 2.47 bits per heavy atom. The number of nitrogens with zero attached hydrogens (tertiary/aromatic N) is 1. The van der Waals surface area contributed by atoms with Crippen LogP contribution in [-0.2, 0) is 4.79 Å². The average molecular weight is 239 g/mol. The molecule has 1 rings (SSSR count). The van der Waals surface area contributed by atoms with Crippen LogP contribution in [0.3, 0.4) is 0 Å². The van der Waals surface area contributed by atoms with E-state index in [4.69, 9.17) is 0 Å². The van der Waals surface area contributed by atoms with Crippen LogP contribution in [-0.4, -0.2) is 49.6 Å². The van der Waals surface area contributed by atoms with Gasteiger partial charge >= 0.3 is 0 Å². The highest BCUT2D eigenvalue weighted by molar-refractivity contribution is 5.78. The average Bonchev–Trinajstić information content (AvgIpc) is 2.79. The summed E-state index contributed by atoms with van der Waals surface area (Å²) in [6, 6.07) is 0.564. The summed E-state index contributed by atoms with van der Waals surface area (Å²) in [6.45, 7) is 9.88. The monoisotopic (exact) mass is 239 g/mol. The third-order valence-electron chi connectivity index (χ3n) is 2.99. The number of carbonyl (C=O) groups excluding carboxylic acids is 1. The van der Waals surface area contributed by atoms with Crippen molar-refractivity contribution in [3.05, 3.63) is 12.7 Å². The molecule has 1 saturated heterocycles. The predicted molar refractivity (Wildman–Crippen MR) is 71.0 cm³/mol. The highest BCUT2D eigenvalue weighted by atomic mass is 16.2. The standard InChI is InChI=1S/C13H25N3O/c1-3-7-15-13(17)11-16(9-4-2)10-12-6-5-8-14-12/h3,12,14H,1,4-11H2,2H3,(H,15,17). The van der Waals surface area contributed by atoms with E-state index in [0.717, 1.165) is 26.1 Å². The lowest BCUT2D eigenvalue weighted by Gasteiger charge is -2.24. The first kappa shape index (κ1) is 14.2. The highest BCUT2D eigenvalue weighted by Crippen LogP contribution is 2.07. The lowest BCUT2D eigenvalue weighted by molar-refractivity contribution is -0.122. The summed E-state index contributed by atoms with van der Waals surface area (Å²) in [5.41, 5.74) is 0. The van der Waals surface area contributed by atoms with E-state index < -0.39 is 0 Å². The van der Waals surface area contributed by atoms with Crippen LogP contribution in [0.2, 0.25) is 0 Å². The van der Waals surface area contributed by atoms with Crippen LogP contribution < -0.4 is 10.6 Å². The number of rotatable bonds is 8. The summed E-state index contributed by atoms with van der Waals surface area (Å²) in [4.78, 5) is 13.9. The molecule has 0 aromatic rings. The van der Waals surface area contributed by atoms with E-state index >= 15 is 0 Å². The van der Waals surface area contributed by atoms with Crippen molar-refractivity contribution in [3.8, 4) is 0 Å². The Labute approximate surface area is 104 Å². The van der Waals surface area contributed by atoms with Crippen LogP contribution in [0.5, 0.6) is 0 Å². The summed E-state index contributed by atoms with van der Waals surface area (Å²) >= 11 is 0. The first-order chi connectivity index (χ1) is 8.26. The van der Waals surface area contributed by atoms with Gasteiger partial charge in [-0.05, 0) is 32.4 Å². The third-order valence-corrected chi connectivity index (χ3v) is 2.99. The lowest BCUT2D eigenvalue weighted by Crippen LogP contribution is -2.43. The number of carbonyl (C=O) groups is 1. The molecule has 4 nitrogen and oxygen atoms in total. The molecule has 0 aromatic carbocycles. The fraction of sp³-hybridized carbons (Fsp3) is 0.769. The van der Waals surface area contributed by atoms with Crippen LogP contribution in [0, 0.1) is 0 Å². The van der Waals surface area contributed by atoms with E-state index in [1.54, 1.807) is 6.08 Å². The number of hydrogen-bond acceptors (Lipinski definition) is 3. The summed E-state index contributed by atoms with van der Waals surface area (Å²) in [7, 11) is 0. The van der Waals surface area contributed by atoms with Crippen molar-refractivity contribution in [1.82, 2.24) is 15.5 Å². The van der Waals surface area contributed by atoms with E-state index in [0.29, 0.717) is 19.1 Å². The van der Waals surface area contributed by atoms with Crippen molar-refractivity contribution < 1.29 is 4.79 Å². The Bertz CT molecular complexity index is 237. The lowest BCUT2D eigenvalue weighted by atomic mass is 10.2. The molecule has 1 aliphatic heterocycles. The molecule has 0 aromatic heterocycles. The van der Waals surface area contributed by atoms with E-state index in [1.165, 1.54) is 12.8 Å². The van der Waals surface area contributed by atoms with E-state index in [-0.39, 0.29) is 5.91 Å². The molecule has 1 heterocycles. The minimum Gasteiger partial charge on any atom is -0.352 e. The minimum atomic E-state index is 0.0938. The zero-order valence-corrected chi connectivity index (χ0v) is 10.9. The Hall–Kier alpha value is -0.870. The molecule has 0 bridgehead atoms. The molecule has 0 spiro atoms. The van der Waals surface area contributed by atoms with Gasteiger partial charge in [0, 0.05) is 19.1 Å². The van der Waals surface area contributed by atoms with Crippen LogP contribution in [0.25, 0.3) is 0 Å². The molecule has 2 N–H and O–H groups in total. The molecule has 1 fully saturated rings. The van der Waals surface area contributed by atoms with Gasteiger partial charge in [0.1, 0.15) is 0 Å². The fourth-order valence-electron chi connectivity index (χ4n) is 2.22. The number of nitrogens with one attached hydrogen (secondary N) is 2. The summed E-state index contributed by atoms with van der Waals surface area (Å²) in [5, 5.41) is 6.30. The maximum absolute atomic E-state index is 11.6. The van der Waals surface area contributed by atoms with Crippen LogP contribution in [0.4, 0.5) is 0 Å². The first-order valence-corrected chi connectivity index (χ1v) is 6.59. The molecule has 1 unspecified atom stereocenters. The van der Waals surface area contributed by atoms with E-state index in [2.05, 4.69) is 29.0 Å². The summed E-state index contributed by atoms with van der Waals surface area (Å²) < 4.78 is 0. The van der Waals surface area contributed by atoms with Gasteiger partial charge in [0.05, 0.1) is 6.54 Å². The topological polar surface area (TPSA) is 44.4 Å². The summed E-state index contributed by atoms with van der Waals surface area (Å²) in [5.74, 6) is 0.0938. The Morgan fingerprint density at radius 1 is 1.65 bits per heavy atom. The predicted octanol–water partition coefficient (Wildman–Crippen LogP) is 0.753. The van der Waals surface area contributed by atoms with E-state index in [9.17, 15) is 4.79 Å². The SMILES string of the molecule is C=CCNC(=O)CN(CCC)CC1CCCN1. The van der Waals surface area contributed by atoms with Gasteiger partial charge in [0.25, 0.3) is 0 Å². The van der Waals surface area contributed by atoms with Crippen molar-refractivity contribution in [3.63, 3.8) is 0 Å². The molecular formula is C13H25N3O. The fourth-order valence-corrected chi connectivity index (χ4v) is 2.22. The van der Waals surface area contributed by atoms with Crippen molar-refractivity contribution in [2.45, 2.75) is 32.2 Å². The van der Waals surface area contributed by atoms with Gasteiger partial charge in [-0.25, -0.2) is 0 Å². The second-order valence-corrected chi connectivity index (χ2v) is 4.62. The quantitative estimate of drug-likeness (QED) is 0.614. The molecular weight excluding hydrogens is 214 g/mol. The van der Waals surface area contributed by atoms with Gasteiger partial charge in [-0.3, -0.25) is 9.69 Å². The van der Waals surface area contributed by atoms with Gasteiger partial charge in [-0.15, -0.1) is 6.58 Å². The second-order valence-electron chi connectivity index (χ2n) is 4.62. The Balaban J connectivity index is 2.30. The van der Waals surface area contributed by atoms with Crippen molar-refractivity contribution in [1.29, 1.82) is 0 Å². The van der Waals surface area contributed by atoms with Crippen LogP contribution in [0.1, 0.15) is 26.2 Å². The molecule has 4 heteroatoms. The summed E-state index contributed by atoms with van der Waals surface area (Å²) in [6.07, 6.45) is 5.28. The largest absolute Gasteiger partial charge is 0.352 e. The van der Waals surface area contributed by atoms with Gasteiger partial charge in [-0.2, -0.15) is 0 Å². The smallest absolute Gasteiger partial charge is 0.234 e. The Morgan fingerprint density at radius 3 is 3.06 bits per heavy atom. The molecule has 98 valence electrons. The normalized spacial score (nSPS) is 19.5. The second kappa shape index (κ2) is 8.25. The molecule has 0 saturated carbocycles. The third kappa shape index (κ3) is 5.84. The van der Waals surface area contributed by atoms with Gasteiger partial charge < -0.3 is 10.6 Å². The number of amides is 1. The first-order valence-electron chi connectivity index (χ1n) is 6.59.